The van der Waals surface area contributed by atoms with E-state index >= 15 is 0 Å². The molecule has 1 aliphatic heterocycles. The van der Waals surface area contributed by atoms with Crippen molar-refractivity contribution in [2.45, 2.75) is 19.4 Å². The summed E-state index contributed by atoms with van der Waals surface area (Å²) in [6, 6.07) is 22.1. The lowest BCUT2D eigenvalue weighted by Gasteiger charge is -2.28. The van der Waals surface area contributed by atoms with Gasteiger partial charge in [0.25, 0.3) is 0 Å². The maximum Gasteiger partial charge on any atom is 0.227 e. The summed E-state index contributed by atoms with van der Waals surface area (Å²) in [4.78, 5) is 1.44. The van der Waals surface area contributed by atoms with Gasteiger partial charge in [0.05, 0.1) is 13.2 Å². The number of hydrogen-bond donors (Lipinski definition) is 0. The van der Waals surface area contributed by atoms with Crippen LogP contribution in [0.2, 0.25) is 0 Å². The van der Waals surface area contributed by atoms with Crippen molar-refractivity contribution in [1.82, 2.24) is 20.2 Å². The highest BCUT2D eigenvalue weighted by molar-refractivity contribution is 5.53. The SMILES string of the molecule is Fc1cc2c(c(Cn3nnc(-c4ccccc4)n3)c1)O[C@H](c1ccccc1)OC2. The molecule has 4 aromatic rings. The molecule has 29 heavy (non-hydrogen) atoms. The van der Waals surface area contributed by atoms with Crippen molar-refractivity contribution in [2.75, 3.05) is 0 Å². The van der Waals surface area contributed by atoms with Gasteiger partial charge in [-0.3, -0.25) is 0 Å². The van der Waals surface area contributed by atoms with Crippen molar-refractivity contribution in [1.29, 1.82) is 0 Å². The number of rotatable bonds is 4. The van der Waals surface area contributed by atoms with Gasteiger partial charge in [-0.2, -0.15) is 4.80 Å². The van der Waals surface area contributed by atoms with Crippen LogP contribution in [0, 0.1) is 5.82 Å². The molecule has 2 heterocycles. The van der Waals surface area contributed by atoms with Crippen LogP contribution in [0.4, 0.5) is 4.39 Å². The van der Waals surface area contributed by atoms with E-state index in [0.29, 0.717) is 22.7 Å². The molecule has 1 aliphatic rings. The second kappa shape index (κ2) is 7.44. The second-order valence-corrected chi connectivity index (χ2v) is 6.73. The minimum absolute atomic E-state index is 0.238. The topological polar surface area (TPSA) is 62.1 Å². The molecule has 0 N–H and O–H groups in total. The molecule has 6 nitrogen and oxygen atoms in total. The summed E-state index contributed by atoms with van der Waals surface area (Å²) in [5.74, 6) is 0.764. The number of tetrazole rings is 1. The molecule has 0 saturated heterocycles. The highest BCUT2D eigenvalue weighted by Gasteiger charge is 2.25. The first-order valence-corrected chi connectivity index (χ1v) is 9.24. The van der Waals surface area contributed by atoms with Gasteiger partial charge in [-0.15, -0.1) is 10.2 Å². The lowest BCUT2D eigenvalue weighted by atomic mass is 10.1. The Morgan fingerprint density at radius 1 is 1.00 bits per heavy atom. The highest BCUT2D eigenvalue weighted by Crippen LogP contribution is 2.36. The maximum absolute atomic E-state index is 14.2. The molecule has 0 saturated carbocycles. The van der Waals surface area contributed by atoms with E-state index in [2.05, 4.69) is 15.4 Å². The Labute approximate surface area is 166 Å². The Morgan fingerprint density at radius 2 is 1.76 bits per heavy atom. The smallest absolute Gasteiger partial charge is 0.227 e. The van der Waals surface area contributed by atoms with E-state index in [1.807, 2.05) is 60.7 Å². The van der Waals surface area contributed by atoms with Crippen LogP contribution in [0.1, 0.15) is 23.0 Å². The number of aromatic nitrogens is 4. The van der Waals surface area contributed by atoms with Crippen LogP contribution in [0.5, 0.6) is 5.75 Å². The van der Waals surface area contributed by atoms with Gasteiger partial charge < -0.3 is 9.47 Å². The predicted octanol–water partition coefficient (Wildman–Crippen LogP) is 4.14. The van der Waals surface area contributed by atoms with Crippen molar-refractivity contribution in [3.8, 4) is 17.1 Å². The zero-order valence-electron chi connectivity index (χ0n) is 15.4. The first kappa shape index (κ1) is 17.5. The fourth-order valence-electron chi connectivity index (χ4n) is 3.33. The molecule has 0 amide bonds. The minimum atomic E-state index is -0.545. The predicted molar refractivity (Wildman–Crippen MR) is 103 cm³/mol. The van der Waals surface area contributed by atoms with Crippen molar-refractivity contribution in [3.05, 3.63) is 95.3 Å². The molecule has 0 unspecified atom stereocenters. The Bertz CT molecular complexity index is 1130. The molecular weight excluding hydrogens is 371 g/mol. The van der Waals surface area contributed by atoms with Crippen molar-refractivity contribution in [3.63, 3.8) is 0 Å². The van der Waals surface area contributed by atoms with Crippen molar-refractivity contribution < 1.29 is 13.9 Å². The molecule has 0 fully saturated rings. The first-order chi connectivity index (χ1) is 14.3. The molecule has 1 atom stereocenters. The van der Waals surface area contributed by atoms with Gasteiger partial charge >= 0.3 is 0 Å². The zero-order valence-corrected chi connectivity index (χ0v) is 15.4. The van der Waals surface area contributed by atoms with E-state index in [1.165, 1.54) is 16.9 Å². The van der Waals surface area contributed by atoms with Gasteiger partial charge in [-0.1, -0.05) is 60.7 Å². The third-order valence-electron chi connectivity index (χ3n) is 4.69. The van der Waals surface area contributed by atoms with E-state index in [4.69, 9.17) is 9.47 Å². The van der Waals surface area contributed by atoms with Gasteiger partial charge in [-0.05, 0) is 17.3 Å². The molecule has 7 heteroatoms. The average Bonchev–Trinajstić information content (AvgIpc) is 3.23. The summed E-state index contributed by atoms with van der Waals surface area (Å²) >= 11 is 0. The van der Waals surface area contributed by atoms with Gasteiger partial charge in [0.1, 0.15) is 11.6 Å². The molecule has 0 bridgehead atoms. The van der Waals surface area contributed by atoms with Gasteiger partial charge in [0.15, 0.2) is 0 Å². The maximum atomic E-state index is 14.2. The fraction of sp³-hybridized carbons (Fsp3) is 0.136. The molecule has 144 valence electrons. The number of benzene rings is 3. The summed E-state index contributed by atoms with van der Waals surface area (Å²) in [6.07, 6.45) is -0.545. The zero-order chi connectivity index (χ0) is 19.6. The fourth-order valence-corrected chi connectivity index (χ4v) is 3.33. The molecule has 0 radical (unpaired) electrons. The first-order valence-electron chi connectivity index (χ1n) is 9.24. The Morgan fingerprint density at radius 3 is 2.55 bits per heavy atom. The van der Waals surface area contributed by atoms with Crippen molar-refractivity contribution >= 4 is 0 Å². The van der Waals surface area contributed by atoms with E-state index in [-0.39, 0.29) is 19.0 Å². The summed E-state index contributed by atoms with van der Waals surface area (Å²) in [7, 11) is 0. The number of nitrogens with zero attached hydrogens (tertiary/aromatic N) is 4. The Balaban J connectivity index is 1.44. The van der Waals surface area contributed by atoms with Gasteiger partial charge in [0.2, 0.25) is 12.1 Å². The molecule has 0 spiro atoms. The van der Waals surface area contributed by atoms with Gasteiger partial charge in [-0.25, -0.2) is 4.39 Å². The van der Waals surface area contributed by atoms with Crippen LogP contribution in [-0.2, 0) is 17.9 Å². The lowest BCUT2D eigenvalue weighted by molar-refractivity contribution is -0.112. The number of hydrogen-bond acceptors (Lipinski definition) is 5. The molecule has 1 aromatic heterocycles. The van der Waals surface area contributed by atoms with Crippen LogP contribution < -0.4 is 4.74 Å². The third-order valence-corrected chi connectivity index (χ3v) is 4.69. The molecule has 0 aliphatic carbocycles. The summed E-state index contributed by atoms with van der Waals surface area (Å²) in [6.45, 7) is 0.501. The van der Waals surface area contributed by atoms with E-state index in [9.17, 15) is 4.39 Å². The van der Waals surface area contributed by atoms with Crippen LogP contribution in [-0.4, -0.2) is 20.2 Å². The van der Waals surface area contributed by atoms with E-state index in [0.717, 1.165) is 11.1 Å². The standard InChI is InChI=1S/C22H17FN4O2/c23-19-11-17(13-27-25-21(24-26-27)15-7-3-1-4-8-15)20-18(12-19)14-28-22(29-20)16-9-5-2-6-10-16/h1-12,22H,13-14H2/t22-/m1/s1. The average molecular weight is 388 g/mol. The molecular formula is C22H17FN4O2. The monoisotopic (exact) mass is 388 g/mol. The normalized spacial score (nSPS) is 15.6. The highest BCUT2D eigenvalue weighted by atomic mass is 19.1. The molecule has 5 rings (SSSR count). The number of ether oxygens (including phenoxy) is 2. The summed E-state index contributed by atoms with van der Waals surface area (Å²) < 4.78 is 26.0. The van der Waals surface area contributed by atoms with Crippen LogP contribution in [0.15, 0.2) is 72.8 Å². The van der Waals surface area contributed by atoms with Crippen molar-refractivity contribution in [2.24, 2.45) is 0 Å². The minimum Gasteiger partial charge on any atom is -0.460 e. The van der Waals surface area contributed by atoms with E-state index in [1.54, 1.807) is 0 Å². The van der Waals surface area contributed by atoms with Crippen LogP contribution in [0.3, 0.4) is 0 Å². The third kappa shape index (κ3) is 3.60. The number of halogens is 1. The summed E-state index contributed by atoms with van der Waals surface area (Å²) in [5, 5.41) is 12.6. The lowest BCUT2D eigenvalue weighted by Crippen LogP contribution is -2.20. The van der Waals surface area contributed by atoms with Crippen LogP contribution in [0.25, 0.3) is 11.4 Å². The quantitative estimate of drug-likeness (QED) is 0.526. The summed E-state index contributed by atoms with van der Waals surface area (Å²) in [5.41, 5.74) is 3.07. The Kier molecular flexibility index (Phi) is 4.50. The van der Waals surface area contributed by atoms with Gasteiger partial charge in [0, 0.05) is 22.3 Å². The van der Waals surface area contributed by atoms with E-state index < -0.39 is 6.29 Å². The van der Waals surface area contributed by atoms with Crippen LogP contribution >= 0.6 is 0 Å². The Hall–Kier alpha value is -3.58. The second-order valence-electron chi connectivity index (χ2n) is 6.73. The molecule has 3 aromatic carbocycles. The largest absolute Gasteiger partial charge is 0.460 e. The number of fused-ring (bicyclic) bond motifs is 1.